The number of imidazole rings is 1. The first kappa shape index (κ1) is 17.7. The maximum atomic E-state index is 12.7. The summed E-state index contributed by atoms with van der Waals surface area (Å²) in [4.78, 5) is 24.3. The zero-order valence-electron chi connectivity index (χ0n) is 14.2. The molecule has 7 heteroatoms. The SMILES string of the molecule is N#Cc1cccc(Cn2cc(C(=O)O)n(Cc3cccc(C#N)c3)c2=O)c1. The highest BCUT2D eigenvalue weighted by atomic mass is 16.4. The quantitative estimate of drug-likeness (QED) is 0.751. The van der Waals surface area contributed by atoms with Crippen molar-refractivity contribution in [3.63, 3.8) is 0 Å². The topological polar surface area (TPSA) is 112 Å². The molecule has 1 aromatic heterocycles. The fraction of sp³-hybridized carbons (Fsp3) is 0.100. The molecule has 0 radical (unpaired) electrons. The van der Waals surface area contributed by atoms with Gasteiger partial charge in [0.2, 0.25) is 0 Å². The molecule has 27 heavy (non-hydrogen) atoms. The minimum absolute atomic E-state index is 0.0429. The van der Waals surface area contributed by atoms with Gasteiger partial charge in [0, 0.05) is 6.20 Å². The van der Waals surface area contributed by atoms with E-state index in [1.54, 1.807) is 48.5 Å². The average molecular weight is 358 g/mol. The van der Waals surface area contributed by atoms with Crippen LogP contribution in [0.5, 0.6) is 0 Å². The zero-order chi connectivity index (χ0) is 19.4. The molecule has 0 aliphatic rings. The number of carboxylic acid groups (broad SMARTS) is 1. The summed E-state index contributed by atoms with van der Waals surface area (Å²) in [5, 5.41) is 27.4. The summed E-state index contributed by atoms with van der Waals surface area (Å²) in [5.74, 6) is -1.21. The number of nitriles is 2. The Balaban J connectivity index is 1.99. The van der Waals surface area contributed by atoms with Crippen LogP contribution in [-0.2, 0) is 13.1 Å². The lowest BCUT2D eigenvalue weighted by atomic mass is 10.1. The second-order valence-corrected chi connectivity index (χ2v) is 5.94. The van der Waals surface area contributed by atoms with Gasteiger partial charge < -0.3 is 5.11 Å². The molecule has 132 valence electrons. The Morgan fingerprint density at radius 2 is 1.52 bits per heavy atom. The van der Waals surface area contributed by atoms with E-state index in [2.05, 4.69) is 0 Å². The molecule has 3 aromatic rings. The third-order valence-electron chi connectivity index (χ3n) is 4.07. The van der Waals surface area contributed by atoms with Crippen molar-refractivity contribution in [2.24, 2.45) is 0 Å². The average Bonchev–Trinajstić information content (AvgIpc) is 2.98. The second-order valence-electron chi connectivity index (χ2n) is 5.94. The smallest absolute Gasteiger partial charge is 0.354 e. The number of hydrogen-bond acceptors (Lipinski definition) is 4. The highest BCUT2D eigenvalue weighted by Crippen LogP contribution is 2.10. The monoisotopic (exact) mass is 358 g/mol. The number of aromatic carboxylic acids is 1. The largest absolute Gasteiger partial charge is 0.477 e. The van der Waals surface area contributed by atoms with Crippen molar-refractivity contribution in [3.05, 3.63) is 93.2 Å². The van der Waals surface area contributed by atoms with E-state index in [9.17, 15) is 14.7 Å². The van der Waals surface area contributed by atoms with E-state index in [1.807, 2.05) is 12.1 Å². The van der Waals surface area contributed by atoms with E-state index in [-0.39, 0.29) is 18.8 Å². The van der Waals surface area contributed by atoms with Crippen molar-refractivity contribution >= 4 is 5.97 Å². The number of hydrogen-bond donors (Lipinski definition) is 1. The molecule has 1 N–H and O–H groups in total. The Bertz CT molecular complexity index is 1160. The van der Waals surface area contributed by atoms with Gasteiger partial charge in [0.25, 0.3) is 0 Å². The lowest BCUT2D eigenvalue weighted by Gasteiger charge is -2.05. The van der Waals surface area contributed by atoms with Crippen LogP contribution < -0.4 is 5.69 Å². The summed E-state index contributed by atoms with van der Waals surface area (Å²) in [6, 6.07) is 17.5. The van der Waals surface area contributed by atoms with Crippen molar-refractivity contribution in [3.8, 4) is 12.1 Å². The maximum Gasteiger partial charge on any atom is 0.354 e. The van der Waals surface area contributed by atoms with Crippen LogP contribution in [0.4, 0.5) is 0 Å². The van der Waals surface area contributed by atoms with E-state index < -0.39 is 11.7 Å². The summed E-state index contributed by atoms with van der Waals surface area (Å²) < 4.78 is 2.46. The van der Waals surface area contributed by atoms with Gasteiger partial charge in [0.15, 0.2) is 0 Å². The first-order chi connectivity index (χ1) is 13.0. The molecule has 0 atom stereocenters. The van der Waals surface area contributed by atoms with Crippen LogP contribution in [0.15, 0.2) is 59.5 Å². The molecule has 3 rings (SSSR count). The van der Waals surface area contributed by atoms with Gasteiger partial charge in [0.1, 0.15) is 5.69 Å². The van der Waals surface area contributed by atoms with Gasteiger partial charge in [-0.3, -0.25) is 9.13 Å². The van der Waals surface area contributed by atoms with Crippen LogP contribution in [0.3, 0.4) is 0 Å². The Hall–Kier alpha value is -4.10. The second kappa shape index (κ2) is 7.42. The standard InChI is InChI=1S/C20H14N4O3/c21-9-14-3-1-5-16(7-14)11-23-13-18(19(25)26)24(20(23)27)12-17-6-2-4-15(8-17)10-22/h1-8,13H,11-12H2,(H,25,26). The van der Waals surface area contributed by atoms with E-state index >= 15 is 0 Å². The summed E-state index contributed by atoms with van der Waals surface area (Å²) in [7, 11) is 0. The molecule has 0 bridgehead atoms. The number of nitrogens with zero attached hydrogens (tertiary/aromatic N) is 4. The first-order valence-corrected chi connectivity index (χ1v) is 8.03. The fourth-order valence-electron chi connectivity index (χ4n) is 2.83. The minimum Gasteiger partial charge on any atom is -0.477 e. The molecule has 0 saturated carbocycles. The van der Waals surface area contributed by atoms with Gasteiger partial charge in [-0.05, 0) is 35.4 Å². The summed E-state index contributed by atoms with van der Waals surface area (Å²) in [5.41, 5.74) is 1.66. The van der Waals surface area contributed by atoms with E-state index in [0.717, 1.165) is 10.1 Å². The third-order valence-corrected chi connectivity index (χ3v) is 4.07. The predicted octanol–water partition coefficient (Wildman–Crippen LogP) is 2.19. The number of rotatable bonds is 5. The highest BCUT2D eigenvalue weighted by Gasteiger charge is 2.17. The molecule has 0 amide bonds. The van der Waals surface area contributed by atoms with E-state index in [1.165, 1.54) is 10.8 Å². The molecular weight excluding hydrogens is 344 g/mol. The number of aromatic nitrogens is 2. The maximum absolute atomic E-state index is 12.7. The number of benzene rings is 2. The van der Waals surface area contributed by atoms with Crippen LogP contribution in [0, 0.1) is 22.7 Å². The Kier molecular flexibility index (Phi) is 4.87. The van der Waals surface area contributed by atoms with Crippen LogP contribution in [0.1, 0.15) is 32.7 Å². The van der Waals surface area contributed by atoms with Crippen molar-refractivity contribution in [2.45, 2.75) is 13.1 Å². The Morgan fingerprint density at radius 1 is 0.963 bits per heavy atom. The molecule has 7 nitrogen and oxygen atoms in total. The van der Waals surface area contributed by atoms with E-state index in [0.29, 0.717) is 16.7 Å². The Labute approximate surface area is 154 Å². The first-order valence-electron chi connectivity index (χ1n) is 8.03. The molecule has 0 fully saturated rings. The summed E-state index contributed by atoms with van der Waals surface area (Å²) in [6.07, 6.45) is 1.29. The van der Waals surface area contributed by atoms with Crippen molar-refractivity contribution in [1.82, 2.24) is 9.13 Å². The molecule has 1 heterocycles. The van der Waals surface area contributed by atoms with Crippen molar-refractivity contribution in [2.75, 3.05) is 0 Å². The van der Waals surface area contributed by atoms with E-state index in [4.69, 9.17) is 10.5 Å². The molecule has 0 spiro atoms. The summed E-state index contributed by atoms with van der Waals surface area (Å²) >= 11 is 0. The molecular formula is C20H14N4O3. The molecule has 0 saturated heterocycles. The van der Waals surface area contributed by atoms with Crippen molar-refractivity contribution in [1.29, 1.82) is 10.5 Å². The predicted molar refractivity (Wildman–Crippen MR) is 96.2 cm³/mol. The molecule has 0 aliphatic heterocycles. The third kappa shape index (κ3) is 3.78. The van der Waals surface area contributed by atoms with Crippen LogP contribution in [0.2, 0.25) is 0 Å². The molecule has 0 unspecified atom stereocenters. The lowest BCUT2D eigenvalue weighted by Crippen LogP contribution is -2.26. The highest BCUT2D eigenvalue weighted by molar-refractivity contribution is 5.85. The van der Waals surface area contributed by atoms with Gasteiger partial charge >= 0.3 is 11.7 Å². The van der Waals surface area contributed by atoms with Crippen LogP contribution in [-0.4, -0.2) is 20.2 Å². The number of carbonyl (C=O) groups is 1. The lowest BCUT2D eigenvalue weighted by molar-refractivity contribution is 0.0685. The number of carboxylic acids is 1. The van der Waals surface area contributed by atoms with Gasteiger partial charge in [-0.1, -0.05) is 24.3 Å². The van der Waals surface area contributed by atoms with Gasteiger partial charge in [0.05, 0.1) is 36.4 Å². The molecule has 2 aromatic carbocycles. The zero-order valence-corrected chi connectivity index (χ0v) is 14.2. The Morgan fingerprint density at radius 3 is 2.04 bits per heavy atom. The van der Waals surface area contributed by atoms with Gasteiger partial charge in [-0.15, -0.1) is 0 Å². The van der Waals surface area contributed by atoms with Crippen LogP contribution in [0.25, 0.3) is 0 Å². The normalized spacial score (nSPS) is 10.1. The van der Waals surface area contributed by atoms with Gasteiger partial charge in [-0.2, -0.15) is 10.5 Å². The summed E-state index contributed by atoms with van der Waals surface area (Å²) in [6.45, 7) is 0.196. The minimum atomic E-state index is -1.21. The van der Waals surface area contributed by atoms with Crippen LogP contribution >= 0.6 is 0 Å². The van der Waals surface area contributed by atoms with Crippen molar-refractivity contribution < 1.29 is 9.90 Å². The fourth-order valence-corrected chi connectivity index (χ4v) is 2.83. The molecule has 0 aliphatic carbocycles. The van der Waals surface area contributed by atoms with Gasteiger partial charge in [-0.25, -0.2) is 9.59 Å².